The van der Waals surface area contributed by atoms with Crippen molar-refractivity contribution in [2.24, 2.45) is 5.14 Å². The monoisotopic (exact) mass is 286 g/mol. The maximum absolute atomic E-state index is 11.8. The van der Waals surface area contributed by atoms with Crippen LogP contribution in [0.4, 0.5) is 5.69 Å². The highest BCUT2D eigenvalue weighted by atomic mass is 32.2. The Balaban J connectivity index is 2.28. The van der Waals surface area contributed by atoms with Crippen LogP contribution in [-0.4, -0.2) is 38.3 Å². The third-order valence-corrected chi connectivity index (χ3v) is 4.27. The Morgan fingerprint density at radius 2 is 2.16 bits per heavy atom. The molecule has 2 rings (SSSR count). The van der Waals surface area contributed by atoms with Gasteiger partial charge in [-0.15, -0.1) is 0 Å². The highest BCUT2D eigenvalue weighted by Crippen LogP contribution is 2.32. The molecule has 104 valence electrons. The number of aromatic hydroxyl groups is 1. The molecule has 0 saturated carbocycles. The van der Waals surface area contributed by atoms with Crippen LogP contribution >= 0.6 is 0 Å². The number of methoxy groups -OCH3 is 1. The summed E-state index contributed by atoms with van der Waals surface area (Å²) >= 11 is 0. The minimum absolute atomic E-state index is 0.0105. The fraction of sp³-hybridized carbons (Fsp3) is 0.364. The maximum Gasteiger partial charge on any atom is 0.228 e. The number of rotatable bonds is 3. The third kappa shape index (κ3) is 2.64. The number of carbonyl (C=O) groups is 1. The number of anilines is 1. The summed E-state index contributed by atoms with van der Waals surface area (Å²) in [6.07, 6.45) is -0.147. The van der Waals surface area contributed by atoms with Crippen LogP contribution in [0.25, 0.3) is 0 Å². The number of phenols is 1. The molecule has 1 aromatic carbocycles. The van der Waals surface area contributed by atoms with Crippen molar-refractivity contribution in [1.82, 2.24) is 0 Å². The first-order chi connectivity index (χ1) is 8.82. The molecule has 0 radical (unpaired) electrons. The van der Waals surface area contributed by atoms with E-state index < -0.39 is 15.3 Å². The predicted molar refractivity (Wildman–Crippen MR) is 68.5 cm³/mol. The molecule has 0 aliphatic carbocycles. The van der Waals surface area contributed by atoms with Crippen LogP contribution in [0.2, 0.25) is 0 Å². The van der Waals surface area contributed by atoms with E-state index in [0.29, 0.717) is 5.69 Å². The molecule has 1 saturated heterocycles. The summed E-state index contributed by atoms with van der Waals surface area (Å²) in [4.78, 5) is 13.1. The smallest absolute Gasteiger partial charge is 0.228 e. The molecule has 1 unspecified atom stereocenters. The molecule has 0 bridgehead atoms. The van der Waals surface area contributed by atoms with Gasteiger partial charge in [0.1, 0.15) is 5.25 Å². The summed E-state index contributed by atoms with van der Waals surface area (Å²) in [6, 6.07) is 4.42. The lowest BCUT2D eigenvalue weighted by molar-refractivity contribution is -0.117. The average Bonchev–Trinajstić information content (AvgIpc) is 2.71. The van der Waals surface area contributed by atoms with Crippen LogP contribution in [-0.2, 0) is 14.8 Å². The lowest BCUT2D eigenvalue weighted by atomic mass is 10.2. The number of sulfonamides is 1. The fourth-order valence-electron chi connectivity index (χ4n) is 1.99. The highest BCUT2D eigenvalue weighted by Gasteiger charge is 2.37. The quantitative estimate of drug-likeness (QED) is 0.799. The van der Waals surface area contributed by atoms with Crippen LogP contribution in [0, 0.1) is 0 Å². The van der Waals surface area contributed by atoms with Gasteiger partial charge in [-0.05, 0) is 12.1 Å². The van der Waals surface area contributed by atoms with E-state index in [1.165, 1.54) is 24.1 Å². The Labute approximate surface area is 110 Å². The lowest BCUT2D eigenvalue weighted by Gasteiger charge is -2.17. The summed E-state index contributed by atoms with van der Waals surface area (Å²) in [6.45, 7) is -0.0105. The summed E-state index contributed by atoms with van der Waals surface area (Å²) in [7, 11) is -2.34. The van der Waals surface area contributed by atoms with Gasteiger partial charge in [0.05, 0.1) is 7.11 Å². The van der Waals surface area contributed by atoms with Gasteiger partial charge in [0.25, 0.3) is 0 Å². The average molecular weight is 286 g/mol. The van der Waals surface area contributed by atoms with E-state index in [4.69, 9.17) is 9.88 Å². The number of primary sulfonamides is 1. The van der Waals surface area contributed by atoms with Gasteiger partial charge in [0.2, 0.25) is 15.9 Å². The van der Waals surface area contributed by atoms with Gasteiger partial charge in [-0.1, -0.05) is 0 Å². The van der Waals surface area contributed by atoms with Crippen LogP contribution < -0.4 is 14.8 Å². The predicted octanol–water partition coefficient (Wildman–Crippen LogP) is -0.205. The standard InChI is InChI=1S/C11H14N2O5S/c1-18-10-3-2-7(4-9(10)14)13-6-8(5-11(13)15)19(12,16)17/h2-4,8,14H,5-6H2,1H3,(H2,12,16,17). The molecule has 1 heterocycles. The van der Waals surface area contributed by atoms with Crippen molar-refractivity contribution in [3.63, 3.8) is 0 Å². The first-order valence-corrected chi connectivity index (χ1v) is 7.13. The van der Waals surface area contributed by atoms with Gasteiger partial charge in [0.15, 0.2) is 11.5 Å². The second-order valence-electron chi connectivity index (χ2n) is 4.28. The Morgan fingerprint density at radius 1 is 1.47 bits per heavy atom. The molecule has 19 heavy (non-hydrogen) atoms. The van der Waals surface area contributed by atoms with E-state index in [0.717, 1.165) is 0 Å². The maximum atomic E-state index is 11.8. The molecule has 1 fully saturated rings. The van der Waals surface area contributed by atoms with Crippen LogP contribution in [0.3, 0.4) is 0 Å². The number of nitrogens with zero attached hydrogens (tertiary/aromatic N) is 1. The molecule has 3 N–H and O–H groups in total. The van der Waals surface area contributed by atoms with Crippen LogP contribution in [0.5, 0.6) is 11.5 Å². The van der Waals surface area contributed by atoms with E-state index in [1.807, 2.05) is 0 Å². The molecule has 1 aliphatic rings. The molecule has 1 amide bonds. The van der Waals surface area contributed by atoms with E-state index in [1.54, 1.807) is 6.07 Å². The molecule has 8 heteroatoms. The molecule has 0 spiro atoms. The van der Waals surface area contributed by atoms with Crippen molar-refractivity contribution in [3.8, 4) is 11.5 Å². The van der Waals surface area contributed by atoms with Crippen molar-refractivity contribution in [3.05, 3.63) is 18.2 Å². The van der Waals surface area contributed by atoms with Gasteiger partial charge < -0.3 is 14.7 Å². The molecule has 1 aliphatic heterocycles. The van der Waals surface area contributed by atoms with E-state index in [9.17, 15) is 18.3 Å². The van der Waals surface area contributed by atoms with Crippen molar-refractivity contribution in [1.29, 1.82) is 0 Å². The highest BCUT2D eigenvalue weighted by molar-refractivity contribution is 7.89. The zero-order chi connectivity index (χ0) is 14.2. The number of benzene rings is 1. The van der Waals surface area contributed by atoms with Gasteiger partial charge in [-0.25, -0.2) is 13.6 Å². The Kier molecular flexibility index (Phi) is 3.38. The number of hydrogen-bond acceptors (Lipinski definition) is 5. The van der Waals surface area contributed by atoms with E-state index >= 15 is 0 Å². The number of phenolic OH excluding ortho intramolecular Hbond substituents is 1. The van der Waals surface area contributed by atoms with Gasteiger partial charge in [-0.3, -0.25) is 4.79 Å². The van der Waals surface area contributed by atoms with Crippen molar-refractivity contribution in [2.45, 2.75) is 11.7 Å². The lowest BCUT2D eigenvalue weighted by Crippen LogP contribution is -2.32. The molecular formula is C11H14N2O5S. The largest absolute Gasteiger partial charge is 0.504 e. The molecule has 0 aromatic heterocycles. The van der Waals surface area contributed by atoms with Crippen LogP contribution in [0.1, 0.15) is 6.42 Å². The van der Waals surface area contributed by atoms with Crippen LogP contribution in [0.15, 0.2) is 18.2 Å². The molecule has 1 aromatic rings. The Morgan fingerprint density at radius 3 is 2.63 bits per heavy atom. The number of amides is 1. The van der Waals surface area contributed by atoms with E-state index in [2.05, 4.69) is 0 Å². The summed E-state index contributed by atoms with van der Waals surface area (Å²) in [5, 5.41) is 13.8. The summed E-state index contributed by atoms with van der Waals surface area (Å²) in [5.41, 5.74) is 0.412. The molecule has 1 atom stereocenters. The Hall–Kier alpha value is -1.80. The van der Waals surface area contributed by atoms with Gasteiger partial charge in [-0.2, -0.15) is 0 Å². The topological polar surface area (TPSA) is 110 Å². The first kappa shape index (κ1) is 13.6. The Bertz CT molecular complexity index is 614. The molecule has 7 nitrogen and oxygen atoms in total. The van der Waals surface area contributed by atoms with Crippen molar-refractivity contribution < 1.29 is 23.1 Å². The first-order valence-electron chi connectivity index (χ1n) is 5.52. The second kappa shape index (κ2) is 4.71. The summed E-state index contributed by atoms with van der Waals surface area (Å²) < 4.78 is 27.4. The SMILES string of the molecule is COc1ccc(N2CC(S(N)(=O)=O)CC2=O)cc1O. The van der Waals surface area contributed by atoms with Gasteiger partial charge >= 0.3 is 0 Å². The fourth-order valence-corrected chi connectivity index (χ4v) is 2.72. The number of ether oxygens (including phenoxy) is 1. The second-order valence-corrected chi connectivity index (χ2v) is 6.12. The third-order valence-electron chi connectivity index (χ3n) is 3.03. The number of nitrogens with two attached hydrogens (primary N) is 1. The van der Waals surface area contributed by atoms with Gasteiger partial charge in [0, 0.05) is 24.7 Å². The number of carbonyl (C=O) groups excluding carboxylic acids is 1. The minimum atomic E-state index is -3.75. The number of hydrogen-bond donors (Lipinski definition) is 2. The zero-order valence-corrected chi connectivity index (χ0v) is 11.1. The van der Waals surface area contributed by atoms with E-state index in [-0.39, 0.29) is 30.4 Å². The minimum Gasteiger partial charge on any atom is -0.504 e. The normalized spacial score (nSPS) is 19.8. The zero-order valence-electron chi connectivity index (χ0n) is 10.2. The summed E-state index contributed by atoms with van der Waals surface area (Å²) in [5.74, 6) is -0.186. The van der Waals surface area contributed by atoms with Crippen molar-refractivity contribution >= 4 is 21.6 Å². The molecular weight excluding hydrogens is 272 g/mol. The van der Waals surface area contributed by atoms with Crippen molar-refractivity contribution in [2.75, 3.05) is 18.6 Å².